The number of carbonyl (C=O) groups excluding carboxylic acids is 1. The van der Waals surface area contributed by atoms with Crippen LogP contribution in [0.25, 0.3) is 0 Å². The highest BCUT2D eigenvalue weighted by atomic mass is 32.2. The van der Waals surface area contributed by atoms with Crippen molar-refractivity contribution in [2.45, 2.75) is 49.7 Å². The molecule has 1 amide bonds. The number of carbonyl (C=O) groups is 1. The molecular formula is C23H24N4OS. The van der Waals surface area contributed by atoms with Crippen molar-refractivity contribution in [1.82, 2.24) is 14.8 Å². The molecule has 0 saturated heterocycles. The van der Waals surface area contributed by atoms with Crippen LogP contribution in [0.15, 0.2) is 53.7 Å². The summed E-state index contributed by atoms with van der Waals surface area (Å²) in [5.74, 6) is 1.89. The molecule has 1 N–H and O–H groups in total. The van der Waals surface area contributed by atoms with Gasteiger partial charge in [0.15, 0.2) is 5.16 Å². The molecule has 29 heavy (non-hydrogen) atoms. The summed E-state index contributed by atoms with van der Waals surface area (Å²) in [5, 5.41) is 12.7. The SMILES string of the molecule is O=C(CSc1nnc(C2CC2)n1Cc1ccccc1)Nc1ccc2c(c1)CCC2. The number of aromatic nitrogens is 3. The average molecular weight is 405 g/mol. The maximum absolute atomic E-state index is 12.5. The van der Waals surface area contributed by atoms with Crippen LogP contribution in [0.2, 0.25) is 0 Å². The lowest BCUT2D eigenvalue weighted by Crippen LogP contribution is -2.15. The van der Waals surface area contributed by atoms with Gasteiger partial charge >= 0.3 is 0 Å². The number of amides is 1. The number of rotatable bonds is 7. The predicted molar refractivity (Wildman–Crippen MR) is 115 cm³/mol. The van der Waals surface area contributed by atoms with Crippen molar-refractivity contribution in [2.24, 2.45) is 0 Å². The van der Waals surface area contributed by atoms with Gasteiger partial charge in [0.2, 0.25) is 5.91 Å². The fourth-order valence-corrected chi connectivity index (χ4v) is 4.69. The van der Waals surface area contributed by atoms with Crippen molar-refractivity contribution < 1.29 is 4.79 Å². The molecule has 0 radical (unpaired) electrons. The van der Waals surface area contributed by atoms with Gasteiger partial charge in [-0.3, -0.25) is 4.79 Å². The first kappa shape index (κ1) is 18.4. The van der Waals surface area contributed by atoms with E-state index in [1.807, 2.05) is 24.3 Å². The Morgan fingerprint density at radius 2 is 1.90 bits per heavy atom. The first-order valence-electron chi connectivity index (χ1n) is 10.3. The lowest BCUT2D eigenvalue weighted by atomic mass is 10.1. The standard InChI is InChI=1S/C23H24N4OS/c28-21(24-20-12-11-17-7-4-8-19(17)13-20)15-29-23-26-25-22(18-9-10-18)27(23)14-16-5-2-1-3-6-16/h1-3,5-6,11-13,18H,4,7-10,14-15H2,(H,24,28). The largest absolute Gasteiger partial charge is 0.325 e. The van der Waals surface area contributed by atoms with E-state index in [1.54, 1.807) is 0 Å². The zero-order valence-corrected chi connectivity index (χ0v) is 17.1. The number of benzene rings is 2. The summed E-state index contributed by atoms with van der Waals surface area (Å²) in [6.45, 7) is 0.744. The fourth-order valence-electron chi connectivity index (χ4n) is 3.94. The molecule has 2 aliphatic carbocycles. The minimum absolute atomic E-state index is 0.00446. The Morgan fingerprint density at radius 3 is 2.72 bits per heavy atom. The van der Waals surface area contributed by atoms with Gasteiger partial charge in [-0.2, -0.15) is 0 Å². The molecule has 148 valence electrons. The zero-order valence-electron chi connectivity index (χ0n) is 16.3. The third-order valence-corrected chi connectivity index (χ3v) is 6.55. The van der Waals surface area contributed by atoms with Gasteiger partial charge in [-0.05, 0) is 60.9 Å². The summed E-state index contributed by atoms with van der Waals surface area (Å²) >= 11 is 1.46. The highest BCUT2D eigenvalue weighted by Gasteiger charge is 2.30. The molecule has 2 aromatic carbocycles. The monoisotopic (exact) mass is 404 g/mol. The van der Waals surface area contributed by atoms with E-state index in [9.17, 15) is 4.79 Å². The number of nitrogens with zero attached hydrogens (tertiary/aromatic N) is 3. The van der Waals surface area contributed by atoms with Crippen LogP contribution in [0.5, 0.6) is 0 Å². The zero-order chi connectivity index (χ0) is 19.6. The molecule has 0 spiro atoms. The van der Waals surface area contributed by atoms with Crippen LogP contribution in [0.1, 0.15) is 47.7 Å². The Bertz CT molecular complexity index is 1030. The minimum Gasteiger partial charge on any atom is -0.325 e. The van der Waals surface area contributed by atoms with Crippen molar-refractivity contribution in [3.63, 3.8) is 0 Å². The number of aryl methyl sites for hydroxylation is 2. The number of anilines is 1. The maximum atomic E-state index is 12.5. The summed E-state index contributed by atoms with van der Waals surface area (Å²) < 4.78 is 2.18. The highest BCUT2D eigenvalue weighted by Crippen LogP contribution is 2.40. The molecular weight excluding hydrogens is 380 g/mol. The molecule has 0 atom stereocenters. The number of thioether (sulfide) groups is 1. The molecule has 5 rings (SSSR count). The molecule has 1 aromatic heterocycles. The van der Waals surface area contributed by atoms with Crippen molar-refractivity contribution >= 4 is 23.4 Å². The summed E-state index contributed by atoms with van der Waals surface area (Å²) in [6, 6.07) is 16.6. The van der Waals surface area contributed by atoms with Gasteiger partial charge in [-0.25, -0.2) is 0 Å². The lowest BCUT2D eigenvalue weighted by Gasteiger charge is -2.10. The van der Waals surface area contributed by atoms with Gasteiger partial charge in [0, 0.05) is 11.6 Å². The van der Waals surface area contributed by atoms with Gasteiger partial charge in [-0.15, -0.1) is 10.2 Å². The van der Waals surface area contributed by atoms with E-state index in [2.05, 4.69) is 44.3 Å². The second kappa shape index (κ2) is 8.03. The Labute approximate surface area is 174 Å². The molecule has 1 fully saturated rings. The van der Waals surface area contributed by atoms with E-state index in [0.29, 0.717) is 11.7 Å². The molecule has 1 heterocycles. The lowest BCUT2D eigenvalue weighted by molar-refractivity contribution is -0.113. The maximum Gasteiger partial charge on any atom is 0.234 e. The third kappa shape index (κ3) is 4.22. The Kier molecular flexibility index (Phi) is 5.10. The quantitative estimate of drug-likeness (QED) is 0.592. The first-order chi connectivity index (χ1) is 14.3. The van der Waals surface area contributed by atoms with Gasteiger partial charge in [0.25, 0.3) is 0 Å². The van der Waals surface area contributed by atoms with Crippen molar-refractivity contribution in [3.8, 4) is 0 Å². The van der Waals surface area contributed by atoms with Crippen molar-refractivity contribution in [3.05, 3.63) is 71.0 Å². The van der Waals surface area contributed by atoms with Crippen LogP contribution >= 0.6 is 11.8 Å². The molecule has 3 aromatic rings. The second-order valence-corrected chi connectivity index (χ2v) is 8.80. The van der Waals surface area contributed by atoms with Crippen molar-refractivity contribution in [1.29, 1.82) is 0 Å². The van der Waals surface area contributed by atoms with Crippen LogP contribution in [0.3, 0.4) is 0 Å². The summed E-state index contributed by atoms with van der Waals surface area (Å²) in [7, 11) is 0. The van der Waals surface area contributed by atoms with Gasteiger partial charge < -0.3 is 9.88 Å². The topological polar surface area (TPSA) is 59.8 Å². The molecule has 0 bridgehead atoms. The van der Waals surface area contributed by atoms with Crippen LogP contribution in [0.4, 0.5) is 5.69 Å². The van der Waals surface area contributed by atoms with E-state index in [-0.39, 0.29) is 5.91 Å². The minimum atomic E-state index is -0.00446. The van der Waals surface area contributed by atoms with Gasteiger partial charge in [0.05, 0.1) is 12.3 Å². The Balaban J connectivity index is 1.26. The smallest absolute Gasteiger partial charge is 0.234 e. The summed E-state index contributed by atoms with van der Waals surface area (Å²) in [6.07, 6.45) is 5.83. The predicted octanol–water partition coefficient (Wildman–Crippen LogP) is 4.42. The van der Waals surface area contributed by atoms with Crippen LogP contribution < -0.4 is 5.32 Å². The van der Waals surface area contributed by atoms with Gasteiger partial charge in [-0.1, -0.05) is 48.2 Å². The van der Waals surface area contributed by atoms with Crippen molar-refractivity contribution in [2.75, 3.05) is 11.1 Å². The Hall–Kier alpha value is -2.60. The highest BCUT2D eigenvalue weighted by molar-refractivity contribution is 7.99. The fraction of sp³-hybridized carbons (Fsp3) is 0.348. The van der Waals surface area contributed by atoms with E-state index in [0.717, 1.165) is 36.1 Å². The first-order valence-corrected chi connectivity index (χ1v) is 11.3. The normalized spacial score (nSPS) is 15.3. The van der Waals surface area contributed by atoms with Crippen LogP contribution in [0, 0.1) is 0 Å². The number of nitrogens with one attached hydrogen (secondary N) is 1. The average Bonchev–Trinajstić information content (AvgIpc) is 3.34. The molecule has 0 unspecified atom stereocenters. The van der Waals surface area contributed by atoms with Crippen LogP contribution in [-0.2, 0) is 24.2 Å². The molecule has 0 aliphatic heterocycles. The third-order valence-electron chi connectivity index (χ3n) is 5.59. The second-order valence-electron chi connectivity index (χ2n) is 7.86. The van der Waals surface area contributed by atoms with E-state index in [4.69, 9.17) is 0 Å². The number of fused-ring (bicyclic) bond motifs is 1. The van der Waals surface area contributed by atoms with Gasteiger partial charge in [0.1, 0.15) is 5.82 Å². The summed E-state index contributed by atoms with van der Waals surface area (Å²) in [5.41, 5.74) is 4.89. The molecule has 2 aliphatic rings. The summed E-state index contributed by atoms with van der Waals surface area (Å²) in [4.78, 5) is 12.5. The Morgan fingerprint density at radius 1 is 1.07 bits per heavy atom. The molecule has 6 heteroatoms. The van der Waals surface area contributed by atoms with E-state index < -0.39 is 0 Å². The van der Waals surface area contributed by atoms with Crippen LogP contribution in [-0.4, -0.2) is 26.4 Å². The van der Waals surface area contributed by atoms with E-state index >= 15 is 0 Å². The number of hydrogen-bond acceptors (Lipinski definition) is 4. The number of hydrogen-bond donors (Lipinski definition) is 1. The molecule has 1 saturated carbocycles. The van der Waals surface area contributed by atoms with E-state index in [1.165, 1.54) is 47.7 Å². The molecule has 5 nitrogen and oxygen atoms in total.